The fraction of sp³-hybridized carbons (Fsp3) is 0. The zero-order valence-electron chi connectivity index (χ0n) is 4.29. The number of hydrogen-bond donors (Lipinski definition) is 0. The molecule has 0 fully saturated rings. The van der Waals surface area contributed by atoms with Crippen LogP contribution in [0.5, 0.6) is 0 Å². The number of rotatable bonds is 0. The van der Waals surface area contributed by atoms with Gasteiger partial charge in [0.1, 0.15) is 11.6 Å². The fourth-order valence-electron chi connectivity index (χ4n) is 0.423. The van der Waals surface area contributed by atoms with Crippen LogP contribution in [0.25, 0.3) is 0 Å². The van der Waals surface area contributed by atoms with Crippen molar-refractivity contribution in [1.82, 2.24) is 0 Å². The lowest BCUT2D eigenvalue weighted by Gasteiger charge is -1.89. The highest BCUT2D eigenvalue weighted by molar-refractivity contribution is 6.30. The molecule has 0 aliphatic heterocycles. The van der Waals surface area contributed by atoms with Gasteiger partial charge in [-0.15, -0.1) is 0 Å². The van der Waals surface area contributed by atoms with Gasteiger partial charge in [-0.25, -0.2) is 8.78 Å². The molecule has 3 heteroatoms. The molecule has 0 nitrogen and oxygen atoms in total. The van der Waals surface area contributed by atoms with Crippen molar-refractivity contribution in [1.29, 1.82) is 0 Å². The number of halogens is 3. The molecule has 0 atom stereocenters. The van der Waals surface area contributed by atoms with Crippen LogP contribution in [-0.2, 0) is 0 Å². The van der Waals surface area contributed by atoms with E-state index in [1.165, 1.54) is 0 Å². The van der Waals surface area contributed by atoms with Gasteiger partial charge in [0.2, 0.25) is 0 Å². The van der Waals surface area contributed by atoms with Crippen LogP contribution in [0.4, 0.5) is 8.78 Å². The molecule has 1 rings (SSSR count). The first-order valence-corrected chi connectivity index (χ1v) is 2.60. The van der Waals surface area contributed by atoms with Crippen LogP contribution in [0.1, 0.15) is 0 Å². The van der Waals surface area contributed by atoms with E-state index in [-0.39, 0.29) is 5.02 Å². The summed E-state index contributed by atoms with van der Waals surface area (Å²) in [5, 5.41) is -0.114. The smallest absolute Gasteiger partial charge is 0.144 e. The maximum absolute atomic E-state index is 12.2. The second-order valence-corrected chi connectivity index (χ2v) is 1.88. The Bertz CT molecular complexity index is 222. The summed E-state index contributed by atoms with van der Waals surface area (Å²) in [6, 6.07) is 3.83. The quantitative estimate of drug-likeness (QED) is 0.495. The van der Waals surface area contributed by atoms with Crippen LogP contribution in [0.3, 0.4) is 0 Å². The molecule has 0 aromatic heterocycles. The van der Waals surface area contributed by atoms with Crippen LogP contribution in [0.2, 0.25) is 5.02 Å². The summed E-state index contributed by atoms with van der Waals surface area (Å²) in [5.41, 5.74) is 0. The molecule has 1 radical (unpaired) electrons. The predicted octanol–water partition coefficient (Wildman–Crippen LogP) is 2.42. The Morgan fingerprint density at radius 2 is 2.11 bits per heavy atom. The third-order valence-corrected chi connectivity index (χ3v) is 1.11. The van der Waals surface area contributed by atoms with Crippen molar-refractivity contribution in [3.05, 3.63) is 34.9 Å². The maximum Gasteiger partial charge on any atom is 0.144 e. The molecule has 0 aliphatic rings. The van der Waals surface area contributed by atoms with E-state index in [2.05, 4.69) is 6.07 Å². The van der Waals surface area contributed by atoms with Crippen LogP contribution in [0, 0.1) is 17.7 Å². The maximum atomic E-state index is 12.2. The van der Waals surface area contributed by atoms with Crippen LogP contribution >= 0.6 is 11.6 Å². The van der Waals surface area contributed by atoms with E-state index < -0.39 is 11.6 Å². The normalized spacial score (nSPS) is 9.67. The zero-order chi connectivity index (χ0) is 6.85. The van der Waals surface area contributed by atoms with E-state index in [0.29, 0.717) is 6.07 Å². The molecule has 9 heavy (non-hydrogen) atoms. The van der Waals surface area contributed by atoms with E-state index in [4.69, 9.17) is 11.6 Å². The molecule has 0 bridgehead atoms. The largest absolute Gasteiger partial charge is 0.206 e. The first-order valence-electron chi connectivity index (χ1n) is 2.22. The predicted molar refractivity (Wildman–Crippen MR) is 30.2 cm³/mol. The lowest BCUT2D eigenvalue weighted by molar-refractivity contribution is 0.582. The summed E-state index contributed by atoms with van der Waals surface area (Å²) in [6.07, 6.45) is 0. The summed E-state index contributed by atoms with van der Waals surface area (Å²) in [7, 11) is 0. The van der Waals surface area contributed by atoms with Gasteiger partial charge in [-0.05, 0) is 6.07 Å². The first kappa shape index (κ1) is 6.49. The van der Waals surface area contributed by atoms with E-state index in [0.717, 1.165) is 6.07 Å². The van der Waals surface area contributed by atoms with Crippen LogP contribution in [0.15, 0.2) is 12.1 Å². The molecule has 1 aromatic carbocycles. The van der Waals surface area contributed by atoms with Gasteiger partial charge in [0.25, 0.3) is 0 Å². The standard InChI is InChI=1S/C6H2ClF2/c7-5-2-1-4(8)3-6(5)9/h2-3H. The molecule has 0 saturated heterocycles. The molecular formula is C6H2ClF2. The zero-order valence-corrected chi connectivity index (χ0v) is 5.04. The number of hydrogen-bond acceptors (Lipinski definition) is 0. The van der Waals surface area contributed by atoms with Crippen molar-refractivity contribution in [3.63, 3.8) is 0 Å². The van der Waals surface area contributed by atoms with E-state index in [1.54, 1.807) is 0 Å². The Morgan fingerprint density at radius 1 is 1.44 bits per heavy atom. The summed E-state index contributed by atoms with van der Waals surface area (Å²) < 4.78 is 24.2. The summed E-state index contributed by atoms with van der Waals surface area (Å²) >= 11 is 5.21. The molecule has 0 spiro atoms. The van der Waals surface area contributed by atoms with Crippen molar-refractivity contribution in [2.24, 2.45) is 0 Å². The lowest BCUT2D eigenvalue weighted by Crippen LogP contribution is -1.78. The minimum absolute atomic E-state index is 0.114. The first-order chi connectivity index (χ1) is 4.20. The highest BCUT2D eigenvalue weighted by Gasteiger charge is 1.98. The molecule has 0 aliphatic carbocycles. The highest BCUT2D eigenvalue weighted by Crippen LogP contribution is 2.13. The molecule has 1 aromatic rings. The van der Waals surface area contributed by atoms with Gasteiger partial charge < -0.3 is 0 Å². The third kappa shape index (κ3) is 1.39. The lowest BCUT2D eigenvalue weighted by atomic mass is 10.3. The Kier molecular flexibility index (Phi) is 1.67. The Labute approximate surface area is 56.1 Å². The topological polar surface area (TPSA) is 0 Å². The average Bonchev–Trinajstić information content (AvgIpc) is 1.80. The van der Waals surface area contributed by atoms with Gasteiger partial charge >= 0.3 is 0 Å². The summed E-state index contributed by atoms with van der Waals surface area (Å²) in [6.45, 7) is 0. The van der Waals surface area contributed by atoms with E-state index in [9.17, 15) is 8.78 Å². The van der Waals surface area contributed by atoms with Crippen LogP contribution < -0.4 is 0 Å². The van der Waals surface area contributed by atoms with Gasteiger partial charge in [0.15, 0.2) is 0 Å². The fourth-order valence-corrected chi connectivity index (χ4v) is 0.532. The van der Waals surface area contributed by atoms with Crippen molar-refractivity contribution in [3.8, 4) is 0 Å². The molecular weight excluding hydrogens is 146 g/mol. The molecule has 0 heterocycles. The summed E-state index contributed by atoms with van der Waals surface area (Å²) in [4.78, 5) is 0. The van der Waals surface area contributed by atoms with Crippen LogP contribution in [-0.4, -0.2) is 0 Å². The molecule has 0 amide bonds. The van der Waals surface area contributed by atoms with E-state index in [1.807, 2.05) is 0 Å². The molecule has 47 valence electrons. The SMILES string of the molecule is Fc1[c]cc(Cl)c(F)c1. The van der Waals surface area contributed by atoms with Crippen molar-refractivity contribution in [2.75, 3.05) is 0 Å². The van der Waals surface area contributed by atoms with Crippen molar-refractivity contribution in [2.45, 2.75) is 0 Å². The second-order valence-electron chi connectivity index (χ2n) is 1.48. The van der Waals surface area contributed by atoms with Gasteiger partial charge in [-0.3, -0.25) is 0 Å². The Hall–Kier alpha value is -0.630. The van der Waals surface area contributed by atoms with Gasteiger partial charge in [-0.1, -0.05) is 11.6 Å². The summed E-state index contributed by atoms with van der Waals surface area (Å²) in [5.74, 6) is -1.50. The third-order valence-electron chi connectivity index (χ3n) is 0.818. The number of benzene rings is 1. The van der Waals surface area contributed by atoms with Crippen molar-refractivity contribution >= 4 is 11.6 Å². The highest BCUT2D eigenvalue weighted by atomic mass is 35.5. The molecule has 0 N–H and O–H groups in total. The monoisotopic (exact) mass is 147 g/mol. The van der Waals surface area contributed by atoms with Gasteiger partial charge in [-0.2, -0.15) is 0 Å². The molecule has 0 unspecified atom stereocenters. The second kappa shape index (κ2) is 2.31. The minimum atomic E-state index is -0.757. The van der Waals surface area contributed by atoms with Gasteiger partial charge in [0, 0.05) is 12.1 Å². The Morgan fingerprint density at radius 3 is 2.56 bits per heavy atom. The molecule has 0 saturated carbocycles. The van der Waals surface area contributed by atoms with E-state index >= 15 is 0 Å². The van der Waals surface area contributed by atoms with Crippen molar-refractivity contribution < 1.29 is 8.78 Å². The Balaban J connectivity index is 3.17. The average molecular weight is 148 g/mol. The van der Waals surface area contributed by atoms with Gasteiger partial charge in [0.05, 0.1) is 5.02 Å². The minimum Gasteiger partial charge on any atom is -0.206 e.